The van der Waals surface area contributed by atoms with E-state index in [1.54, 1.807) is 58.2 Å². The molecule has 9 nitrogen and oxygen atoms in total. The standard InChI is InChI=1S/C24H30FN5O4/c1-14-19(31)10-8-17(25)20(14)28-21-16-13-15(33-5)7-9-18(16)27-23(29-21)34-12-6-11-24(2,22(26)32)30(3)4/h7-10,13,31H,6,11-12H2,1-5H3,(H2,26,32)(H,27,28,29). The van der Waals surface area contributed by atoms with Gasteiger partial charge in [-0.3, -0.25) is 9.69 Å². The number of phenolic OH excluding ortho intramolecular Hbond substituents is 1. The average molecular weight is 472 g/mol. The molecule has 1 heterocycles. The monoisotopic (exact) mass is 471 g/mol. The smallest absolute Gasteiger partial charge is 0.318 e. The van der Waals surface area contributed by atoms with Gasteiger partial charge in [0.2, 0.25) is 5.91 Å². The Kier molecular flexibility index (Phi) is 7.41. The largest absolute Gasteiger partial charge is 0.508 e. The summed E-state index contributed by atoms with van der Waals surface area (Å²) in [5, 5.41) is 13.6. The molecule has 1 amide bonds. The van der Waals surface area contributed by atoms with Gasteiger partial charge in [0.1, 0.15) is 23.1 Å². The number of nitrogens with one attached hydrogen (secondary N) is 1. The second-order valence-electron chi connectivity index (χ2n) is 8.41. The Balaban J connectivity index is 1.90. The molecule has 10 heteroatoms. The van der Waals surface area contributed by atoms with Crippen molar-refractivity contribution in [3.63, 3.8) is 0 Å². The Hall–Kier alpha value is -3.66. The van der Waals surface area contributed by atoms with Gasteiger partial charge in [-0.15, -0.1) is 0 Å². The Morgan fingerprint density at radius 2 is 2.00 bits per heavy atom. The number of fused-ring (bicyclic) bond motifs is 1. The number of hydrogen-bond acceptors (Lipinski definition) is 8. The van der Waals surface area contributed by atoms with E-state index in [1.807, 2.05) is 0 Å². The molecule has 0 bridgehead atoms. The predicted molar refractivity (Wildman–Crippen MR) is 128 cm³/mol. The van der Waals surface area contributed by atoms with Crippen molar-refractivity contribution in [2.75, 3.05) is 33.1 Å². The van der Waals surface area contributed by atoms with E-state index in [9.17, 15) is 14.3 Å². The SMILES string of the molecule is COc1ccc2nc(OCCCC(C)(C(N)=O)N(C)C)nc(Nc3c(F)ccc(O)c3C)c2c1. The molecule has 3 rings (SSSR count). The van der Waals surface area contributed by atoms with Crippen LogP contribution in [0, 0.1) is 12.7 Å². The summed E-state index contributed by atoms with van der Waals surface area (Å²) in [6.45, 7) is 3.63. The summed E-state index contributed by atoms with van der Waals surface area (Å²) in [5.74, 6) is -0.128. The number of nitrogens with two attached hydrogens (primary N) is 1. The summed E-state index contributed by atoms with van der Waals surface area (Å²) in [4.78, 5) is 22.5. The number of rotatable bonds is 10. The molecule has 4 N–H and O–H groups in total. The highest BCUT2D eigenvalue weighted by Gasteiger charge is 2.32. The van der Waals surface area contributed by atoms with Crippen LogP contribution in [-0.2, 0) is 4.79 Å². The Labute approximate surface area is 197 Å². The molecule has 0 saturated heterocycles. The number of aromatic hydroxyl groups is 1. The number of methoxy groups -OCH3 is 1. The Morgan fingerprint density at radius 1 is 1.26 bits per heavy atom. The first-order valence-electron chi connectivity index (χ1n) is 10.8. The zero-order chi connectivity index (χ0) is 25.0. The van der Waals surface area contributed by atoms with Gasteiger partial charge in [0, 0.05) is 10.9 Å². The molecular weight excluding hydrogens is 441 g/mol. The lowest BCUT2D eigenvalue weighted by atomic mass is 9.94. The van der Waals surface area contributed by atoms with Gasteiger partial charge in [0.15, 0.2) is 0 Å². The van der Waals surface area contributed by atoms with E-state index in [0.717, 1.165) is 0 Å². The van der Waals surface area contributed by atoms with Crippen molar-refractivity contribution in [2.45, 2.75) is 32.2 Å². The lowest BCUT2D eigenvalue weighted by Gasteiger charge is -2.33. The van der Waals surface area contributed by atoms with Crippen LogP contribution < -0.4 is 20.5 Å². The van der Waals surface area contributed by atoms with Crippen LogP contribution >= 0.6 is 0 Å². The molecule has 1 unspecified atom stereocenters. The zero-order valence-electron chi connectivity index (χ0n) is 20.0. The molecule has 0 saturated carbocycles. The van der Waals surface area contributed by atoms with Crippen molar-refractivity contribution in [2.24, 2.45) is 5.73 Å². The first-order valence-corrected chi connectivity index (χ1v) is 10.8. The van der Waals surface area contributed by atoms with Crippen LogP contribution in [0.3, 0.4) is 0 Å². The van der Waals surface area contributed by atoms with Gasteiger partial charge >= 0.3 is 6.01 Å². The van der Waals surface area contributed by atoms with E-state index in [0.29, 0.717) is 40.9 Å². The summed E-state index contributed by atoms with van der Waals surface area (Å²) in [7, 11) is 5.14. The minimum atomic E-state index is -0.804. The fourth-order valence-electron chi connectivity index (χ4n) is 3.46. The van der Waals surface area contributed by atoms with Crippen LogP contribution in [0.25, 0.3) is 10.9 Å². The molecule has 1 aromatic heterocycles. The molecule has 0 aliphatic rings. The van der Waals surface area contributed by atoms with E-state index < -0.39 is 17.3 Å². The minimum Gasteiger partial charge on any atom is -0.508 e. The summed E-state index contributed by atoms with van der Waals surface area (Å²) in [5.41, 5.74) is 5.75. The summed E-state index contributed by atoms with van der Waals surface area (Å²) in [6, 6.07) is 7.77. The molecule has 0 spiro atoms. The molecule has 2 aromatic carbocycles. The molecule has 0 fully saturated rings. The number of hydrogen-bond donors (Lipinski definition) is 3. The first kappa shape index (κ1) is 25.0. The van der Waals surface area contributed by atoms with Crippen molar-refractivity contribution in [1.29, 1.82) is 0 Å². The van der Waals surface area contributed by atoms with Crippen LogP contribution in [0.2, 0.25) is 0 Å². The fourth-order valence-corrected chi connectivity index (χ4v) is 3.46. The third kappa shape index (κ3) is 5.12. The van der Waals surface area contributed by atoms with E-state index >= 15 is 0 Å². The van der Waals surface area contributed by atoms with Gasteiger partial charge in [0.25, 0.3) is 0 Å². The van der Waals surface area contributed by atoms with Gasteiger partial charge < -0.3 is 25.6 Å². The summed E-state index contributed by atoms with van der Waals surface area (Å²) < 4.78 is 25.6. The number of anilines is 2. The normalized spacial score (nSPS) is 13.0. The number of aromatic nitrogens is 2. The van der Waals surface area contributed by atoms with E-state index in [4.69, 9.17) is 15.2 Å². The highest BCUT2D eigenvalue weighted by atomic mass is 19.1. The van der Waals surface area contributed by atoms with Crippen molar-refractivity contribution in [1.82, 2.24) is 14.9 Å². The lowest BCUT2D eigenvalue weighted by Crippen LogP contribution is -2.52. The van der Waals surface area contributed by atoms with Crippen LogP contribution in [-0.4, -0.2) is 59.2 Å². The van der Waals surface area contributed by atoms with E-state index in [2.05, 4.69) is 15.3 Å². The number of carbonyl (C=O) groups is 1. The summed E-state index contributed by atoms with van der Waals surface area (Å²) in [6.07, 6.45) is 1.02. The van der Waals surface area contributed by atoms with Gasteiger partial charge in [-0.2, -0.15) is 9.97 Å². The van der Waals surface area contributed by atoms with E-state index in [-0.39, 0.29) is 24.1 Å². The average Bonchev–Trinajstić information content (AvgIpc) is 2.81. The van der Waals surface area contributed by atoms with Crippen molar-refractivity contribution in [3.05, 3.63) is 41.7 Å². The third-order valence-corrected chi connectivity index (χ3v) is 6.07. The Bertz CT molecular complexity index is 1200. The maximum Gasteiger partial charge on any atom is 0.318 e. The zero-order valence-corrected chi connectivity index (χ0v) is 20.0. The predicted octanol–water partition coefficient (Wildman–Crippen LogP) is 3.50. The van der Waals surface area contributed by atoms with Gasteiger partial charge in [-0.25, -0.2) is 4.39 Å². The molecular formula is C24H30FN5O4. The molecule has 0 radical (unpaired) electrons. The van der Waals surface area contributed by atoms with E-state index in [1.165, 1.54) is 12.1 Å². The highest BCUT2D eigenvalue weighted by Crippen LogP contribution is 2.34. The molecule has 0 aliphatic heterocycles. The maximum atomic E-state index is 14.5. The molecule has 1 atom stereocenters. The number of likely N-dealkylation sites (N-methyl/N-ethyl adjacent to an activating group) is 1. The second kappa shape index (κ2) is 10.1. The van der Waals surface area contributed by atoms with Crippen LogP contribution in [0.5, 0.6) is 17.5 Å². The molecule has 34 heavy (non-hydrogen) atoms. The van der Waals surface area contributed by atoms with Crippen molar-refractivity contribution < 1.29 is 23.8 Å². The van der Waals surface area contributed by atoms with Crippen molar-refractivity contribution in [3.8, 4) is 17.5 Å². The number of ether oxygens (including phenoxy) is 2. The van der Waals surface area contributed by atoms with Gasteiger partial charge in [-0.1, -0.05) is 0 Å². The van der Waals surface area contributed by atoms with Gasteiger partial charge in [-0.05, 0) is 71.1 Å². The number of carbonyl (C=O) groups excluding carboxylic acids is 1. The second-order valence-corrected chi connectivity index (χ2v) is 8.41. The first-order chi connectivity index (χ1) is 16.1. The topological polar surface area (TPSA) is 123 Å². The highest BCUT2D eigenvalue weighted by molar-refractivity contribution is 5.92. The quantitative estimate of drug-likeness (QED) is 0.384. The fraction of sp³-hybridized carbons (Fsp3) is 0.375. The molecule has 0 aliphatic carbocycles. The molecule has 3 aromatic rings. The number of halogens is 1. The summed E-state index contributed by atoms with van der Waals surface area (Å²) >= 11 is 0. The lowest BCUT2D eigenvalue weighted by molar-refractivity contribution is -0.128. The minimum absolute atomic E-state index is 0.0466. The van der Waals surface area contributed by atoms with Gasteiger partial charge in [0.05, 0.1) is 30.5 Å². The number of benzene rings is 2. The number of amides is 1. The number of nitrogens with zero attached hydrogens (tertiary/aromatic N) is 3. The number of primary amides is 1. The van der Waals surface area contributed by atoms with Crippen LogP contribution in [0.1, 0.15) is 25.3 Å². The van der Waals surface area contributed by atoms with Crippen molar-refractivity contribution >= 4 is 28.3 Å². The molecule has 182 valence electrons. The Morgan fingerprint density at radius 3 is 2.65 bits per heavy atom. The van der Waals surface area contributed by atoms with Crippen LogP contribution in [0.15, 0.2) is 30.3 Å². The number of phenols is 1. The third-order valence-electron chi connectivity index (χ3n) is 6.07. The van der Waals surface area contributed by atoms with Crippen LogP contribution in [0.4, 0.5) is 15.9 Å². The maximum absolute atomic E-state index is 14.5.